The Balaban J connectivity index is 1.06. The van der Waals surface area contributed by atoms with Gasteiger partial charge in [-0.2, -0.15) is 0 Å². The van der Waals surface area contributed by atoms with Gasteiger partial charge in [0.1, 0.15) is 17.0 Å². The summed E-state index contributed by atoms with van der Waals surface area (Å²) in [7, 11) is 0. The van der Waals surface area contributed by atoms with Gasteiger partial charge in [-0.25, -0.2) is 4.79 Å². The van der Waals surface area contributed by atoms with Crippen LogP contribution in [0, 0.1) is 0 Å². The first-order chi connectivity index (χ1) is 22.8. The number of ether oxygens (including phenoxy) is 1. The number of carbonyl (C=O) groups excluding carboxylic acids is 4. The zero-order chi connectivity index (χ0) is 32.8. The number of aromatic nitrogens is 1. The van der Waals surface area contributed by atoms with E-state index in [0.29, 0.717) is 44.6 Å². The fraction of sp³-hybridized carbons (Fsp3) is 0.278. The number of hydrogen-bond donors (Lipinski definition) is 5. The highest BCUT2D eigenvalue weighted by Crippen LogP contribution is 2.26. The number of nitrogens with one attached hydrogen (secondary N) is 4. The first kappa shape index (κ1) is 31.6. The third kappa shape index (κ3) is 7.87. The summed E-state index contributed by atoms with van der Waals surface area (Å²) in [4.78, 5) is 53.4. The maximum atomic E-state index is 13.0. The Labute approximate surface area is 271 Å². The van der Waals surface area contributed by atoms with Gasteiger partial charge >= 0.3 is 5.97 Å². The minimum atomic E-state index is -0.584. The Morgan fingerprint density at radius 2 is 1.45 bits per heavy atom. The van der Waals surface area contributed by atoms with E-state index in [0.717, 1.165) is 25.7 Å². The molecule has 1 aliphatic carbocycles. The lowest BCUT2D eigenvalue weighted by Gasteiger charge is -2.18. The van der Waals surface area contributed by atoms with Gasteiger partial charge in [0.2, 0.25) is 5.91 Å². The maximum absolute atomic E-state index is 13.0. The second-order valence-electron chi connectivity index (χ2n) is 11.8. The number of amides is 3. The van der Waals surface area contributed by atoms with Crippen molar-refractivity contribution >= 4 is 56.9 Å². The number of fused-ring (bicyclic) bond motifs is 2. The van der Waals surface area contributed by atoms with Crippen LogP contribution in [0.4, 0.5) is 11.4 Å². The molecule has 11 nitrogen and oxygen atoms in total. The number of hydrogen-bond acceptors (Lipinski definition) is 7. The SMILES string of the molecule is NCC(=O)Nc1ccc2oc(C(=O)Nc3ccc4[nH]c(C(=O)Oc5ccc(C(=O)NC6CCCCCCCC6)cc5)cc4c3)cc2c1. The molecular formula is C36H37N5O6. The second-order valence-corrected chi connectivity index (χ2v) is 11.8. The van der Waals surface area contributed by atoms with E-state index in [1.807, 2.05) is 0 Å². The molecular weight excluding hydrogens is 598 g/mol. The normalized spacial score (nSPS) is 14.1. The van der Waals surface area contributed by atoms with E-state index < -0.39 is 11.9 Å². The first-order valence-corrected chi connectivity index (χ1v) is 16.0. The monoisotopic (exact) mass is 635 g/mol. The number of esters is 1. The molecule has 0 bridgehead atoms. The van der Waals surface area contributed by atoms with Gasteiger partial charge in [-0.05, 0) is 85.6 Å². The van der Waals surface area contributed by atoms with E-state index in [-0.39, 0.29) is 35.9 Å². The molecule has 1 fully saturated rings. The molecule has 0 atom stereocenters. The molecule has 1 aliphatic rings. The van der Waals surface area contributed by atoms with Gasteiger partial charge in [-0.1, -0.05) is 38.5 Å². The smallest absolute Gasteiger partial charge is 0.360 e. The highest BCUT2D eigenvalue weighted by Gasteiger charge is 2.18. The zero-order valence-corrected chi connectivity index (χ0v) is 25.9. The quantitative estimate of drug-likeness (QED) is 0.0956. The molecule has 47 heavy (non-hydrogen) atoms. The number of furan rings is 1. The molecule has 0 unspecified atom stereocenters. The molecule has 2 aromatic heterocycles. The van der Waals surface area contributed by atoms with Crippen molar-refractivity contribution in [3.8, 4) is 5.75 Å². The zero-order valence-electron chi connectivity index (χ0n) is 25.9. The molecule has 3 aromatic carbocycles. The van der Waals surface area contributed by atoms with E-state index in [1.165, 1.54) is 25.7 Å². The van der Waals surface area contributed by atoms with Crippen LogP contribution in [-0.2, 0) is 4.79 Å². The van der Waals surface area contributed by atoms with Crippen molar-refractivity contribution in [2.45, 2.75) is 57.4 Å². The fourth-order valence-corrected chi connectivity index (χ4v) is 5.84. The number of carbonyl (C=O) groups is 4. The van der Waals surface area contributed by atoms with Crippen molar-refractivity contribution in [2.75, 3.05) is 17.2 Å². The Morgan fingerprint density at radius 3 is 2.19 bits per heavy atom. The summed E-state index contributed by atoms with van der Waals surface area (Å²) < 4.78 is 11.3. The molecule has 6 rings (SSSR count). The van der Waals surface area contributed by atoms with Crippen LogP contribution in [0.25, 0.3) is 21.9 Å². The predicted octanol–water partition coefficient (Wildman–Crippen LogP) is 6.52. The van der Waals surface area contributed by atoms with Crippen LogP contribution in [0.1, 0.15) is 82.8 Å². The average Bonchev–Trinajstić information content (AvgIpc) is 3.72. The Hall–Kier alpha value is -5.42. The summed E-state index contributed by atoms with van der Waals surface area (Å²) in [5.74, 6) is -1.07. The maximum Gasteiger partial charge on any atom is 0.360 e. The molecule has 2 heterocycles. The molecule has 0 saturated heterocycles. The highest BCUT2D eigenvalue weighted by molar-refractivity contribution is 6.06. The summed E-state index contributed by atoms with van der Waals surface area (Å²) in [6.07, 6.45) is 9.23. The van der Waals surface area contributed by atoms with Gasteiger partial charge in [-0.15, -0.1) is 0 Å². The van der Waals surface area contributed by atoms with E-state index in [4.69, 9.17) is 14.9 Å². The van der Waals surface area contributed by atoms with E-state index in [1.54, 1.807) is 72.8 Å². The van der Waals surface area contributed by atoms with Crippen LogP contribution in [-0.4, -0.2) is 41.3 Å². The summed E-state index contributed by atoms with van der Waals surface area (Å²) in [5.41, 5.74) is 8.33. The van der Waals surface area contributed by atoms with Gasteiger partial charge in [-0.3, -0.25) is 14.4 Å². The van der Waals surface area contributed by atoms with Crippen molar-refractivity contribution in [2.24, 2.45) is 5.73 Å². The fourth-order valence-electron chi connectivity index (χ4n) is 5.84. The van der Waals surface area contributed by atoms with Crippen molar-refractivity contribution in [3.63, 3.8) is 0 Å². The summed E-state index contributed by atoms with van der Waals surface area (Å²) in [6.45, 7) is -0.138. The summed E-state index contributed by atoms with van der Waals surface area (Å²) in [5, 5.41) is 9.99. The average molecular weight is 636 g/mol. The Morgan fingerprint density at radius 1 is 0.766 bits per heavy atom. The molecule has 0 aliphatic heterocycles. The van der Waals surface area contributed by atoms with Crippen molar-refractivity contribution in [3.05, 3.63) is 89.8 Å². The molecule has 3 amide bonds. The molecule has 11 heteroatoms. The molecule has 5 aromatic rings. The Bertz CT molecular complexity index is 1920. The third-order valence-electron chi connectivity index (χ3n) is 8.33. The number of benzene rings is 3. The summed E-state index contributed by atoms with van der Waals surface area (Å²) in [6, 6.07) is 20.2. The van der Waals surface area contributed by atoms with Crippen molar-refractivity contribution < 1.29 is 28.3 Å². The van der Waals surface area contributed by atoms with Crippen molar-refractivity contribution in [1.82, 2.24) is 10.3 Å². The predicted molar refractivity (Wildman–Crippen MR) is 180 cm³/mol. The highest BCUT2D eigenvalue weighted by atomic mass is 16.5. The topological polar surface area (TPSA) is 169 Å². The lowest BCUT2D eigenvalue weighted by molar-refractivity contribution is -0.114. The van der Waals surface area contributed by atoms with Crippen LogP contribution in [0.5, 0.6) is 5.75 Å². The van der Waals surface area contributed by atoms with Gasteiger partial charge in [0, 0.05) is 39.3 Å². The lowest BCUT2D eigenvalue weighted by Crippen LogP contribution is -2.34. The van der Waals surface area contributed by atoms with E-state index >= 15 is 0 Å². The van der Waals surface area contributed by atoms with Crippen molar-refractivity contribution in [1.29, 1.82) is 0 Å². The van der Waals surface area contributed by atoms with Crippen LogP contribution in [0.15, 0.2) is 77.2 Å². The molecule has 0 radical (unpaired) electrons. The van der Waals surface area contributed by atoms with Gasteiger partial charge < -0.3 is 35.8 Å². The summed E-state index contributed by atoms with van der Waals surface area (Å²) >= 11 is 0. The standard InChI is InChI=1S/C36H37N5O6/c37-21-33(42)38-26-12-16-31-24(18-26)20-32(47-31)35(44)40-27-11-15-29-23(17-27)19-30(41-29)36(45)46-28-13-9-22(10-14-28)34(43)39-25-7-5-3-1-2-4-6-8-25/h9-20,25,41H,1-8,21,37H2,(H,38,42)(H,39,43)(H,40,44). The molecule has 0 spiro atoms. The minimum absolute atomic E-state index is 0.0967. The minimum Gasteiger partial charge on any atom is -0.451 e. The van der Waals surface area contributed by atoms with Crippen LogP contribution in [0.3, 0.4) is 0 Å². The largest absolute Gasteiger partial charge is 0.451 e. The number of H-pyrrole nitrogens is 1. The lowest BCUT2D eigenvalue weighted by atomic mass is 10.0. The van der Waals surface area contributed by atoms with Gasteiger partial charge in [0.05, 0.1) is 6.54 Å². The van der Waals surface area contributed by atoms with Crippen LogP contribution >= 0.6 is 0 Å². The second kappa shape index (κ2) is 14.3. The number of nitrogens with two attached hydrogens (primary N) is 1. The molecule has 6 N–H and O–H groups in total. The first-order valence-electron chi connectivity index (χ1n) is 16.0. The Kier molecular flexibility index (Phi) is 9.63. The van der Waals surface area contributed by atoms with Crippen LogP contribution < -0.4 is 26.4 Å². The number of aromatic amines is 1. The van der Waals surface area contributed by atoms with Gasteiger partial charge in [0.25, 0.3) is 11.8 Å². The third-order valence-corrected chi connectivity index (χ3v) is 8.33. The van der Waals surface area contributed by atoms with E-state index in [2.05, 4.69) is 20.9 Å². The molecule has 242 valence electrons. The van der Waals surface area contributed by atoms with Gasteiger partial charge in [0.15, 0.2) is 5.76 Å². The van der Waals surface area contributed by atoms with Crippen LogP contribution in [0.2, 0.25) is 0 Å². The number of rotatable bonds is 8. The van der Waals surface area contributed by atoms with E-state index in [9.17, 15) is 19.2 Å². The number of anilines is 2. The molecule has 1 saturated carbocycles.